The van der Waals surface area contributed by atoms with Crippen molar-refractivity contribution in [3.05, 3.63) is 70.5 Å². The summed E-state index contributed by atoms with van der Waals surface area (Å²) in [6.45, 7) is 10.2. The second-order valence-electron chi connectivity index (χ2n) is 9.95. The molecule has 1 aliphatic heterocycles. The van der Waals surface area contributed by atoms with Gasteiger partial charge in [0.15, 0.2) is 5.65 Å². The van der Waals surface area contributed by atoms with Gasteiger partial charge in [0.2, 0.25) is 0 Å². The van der Waals surface area contributed by atoms with E-state index in [0.717, 1.165) is 72.0 Å². The lowest BCUT2D eigenvalue weighted by Crippen LogP contribution is -2.30. The predicted molar refractivity (Wildman–Crippen MR) is 147 cm³/mol. The molecular formula is C28H29Cl2N5. The van der Waals surface area contributed by atoms with Crippen molar-refractivity contribution in [2.75, 3.05) is 31.1 Å². The molecule has 1 saturated heterocycles. The van der Waals surface area contributed by atoms with Crippen LogP contribution in [-0.2, 0) is 5.41 Å². The van der Waals surface area contributed by atoms with Gasteiger partial charge in [0.25, 0.3) is 0 Å². The number of hydrogen-bond acceptors (Lipinski definition) is 5. The number of benzene rings is 2. The first kappa shape index (κ1) is 24.0. The Labute approximate surface area is 216 Å². The van der Waals surface area contributed by atoms with Gasteiger partial charge in [0.05, 0.1) is 11.1 Å². The van der Waals surface area contributed by atoms with Crippen molar-refractivity contribution in [3.8, 4) is 22.4 Å². The van der Waals surface area contributed by atoms with Gasteiger partial charge in [0, 0.05) is 46.2 Å². The topological polar surface area (TPSA) is 53.9 Å². The molecule has 4 aromatic rings. The fraction of sp³-hybridized carbons (Fsp3) is 0.321. The van der Waals surface area contributed by atoms with Crippen LogP contribution in [0.2, 0.25) is 10.0 Å². The number of nitrogens with one attached hydrogen (secondary N) is 1. The second kappa shape index (κ2) is 9.73. The van der Waals surface area contributed by atoms with Crippen molar-refractivity contribution in [3.63, 3.8) is 0 Å². The molecule has 7 heteroatoms. The largest absolute Gasteiger partial charge is 0.355 e. The molecule has 0 unspecified atom stereocenters. The summed E-state index contributed by atoms with van der Waals surface area (Å²) in [5, 5.41) is 5.78. The van der Waals surface area contributed by atoms with Crippen LogP contribution in [0, 0.1) is 0 Å². The molecule has 2 aromatic carbocycles. The van der Waals surface area contributed by atoms with Crippen molar-refractivity contribution < 1.29 is 0 Å². The van der Waals surface area contributed by atoms with Crippen LogP contribution in [0.25, 0.3) is 33.4 Å². The molecular weight excluding hydrogens is 477 g/mol. The van der Waals surface area contributed by atoms with Crippen LogP contribution in [-0.4, -0.2) is 41.1 Å². The SMILES string of the molecule is CC(C)(C)c1nc(N2CCCNCC2)c2cc(-c3ccc(Cl)cc3)c(-c3ccccc3Cl)nc2n1. The fourth-order valence-corrected chi connectivity index (χ4v) is 4.73. The normalized spacial score (nSPS) is 14.8. The van der Waals surface area contributed by atoms with Gasteiger partial charge in [-0.15, -0.1) is 0 Å². The number of nitrogens with zero attached hydrogens (tertiary/aromatic N) is 4. The van der Waals surface area contributed by atoms with E-state index in [9.17, 15) is 0 Å². The van der Waals surface area contributed by atoms with E-state index in [2.05, 4.69) is 37.1 Å². The highest BCUT2D eigenvalue weighted by Gasteiger charge is 2.25. The van der Waals surface area contributed by atoms with Crippen LogP contribution < -0.4 is 10.2 Å². The lowest BCUT2D eigenvalue weighted by molar-refractivity contribution is 0.546. The summed E-state index contributed by atoms with van der Waals surface area (Å²) in [5.41, 5.74) is 4.13. The molecule has 0 spiro atoms. The predicted octanol–water partition coefficient (Wildman–Crippen LogP) is 6.76. The second-order valence-corrected chi connectivity index (χ2v) is 10.8. The summed E-state index contributed by atoms with van der Waals surface area (Å²) in [5.74, 6) is 1.73. The summed E-state index contributed by atoms with van der Waals surface area (Å²) < 4.78 is 0. The third-order valence-electron chi connectivity index (χ3n) is 6.26. The zero-order chi connectivity index (χ0) is 24.6. The summed E-state index contributed by atoms with van der Waals surface area (Å²) >= 11 is 12.9. The first-order valence-corrected chi connectivity index (χ1v) is 12.8. The average molecular weight is 506 g/mol. The average Bonchev–Trinajstić information content (AvgIpc) is 3.12. The van der Waals surface area contributed by atoms with Gasteiger partial charge in [-0.2, -0.15) is 0 Å². The van der Waals surface area contributed by atoms with Crippen LogP contribution in [0.4, 0.5) is 5.82 Å². The number of anilines is 1. The molecule has 180 valence electrons. The van der Waals surface area contributed by atoms with Crippen LogP contribution in [0.1, 0.15) is 33.0 Å². The number of rotatable bonds is 3. The number of halogens is 2. The standard InChI is InChI=1S/C28H29Cl2N5/c1-28(2,3)27-33-25-22(26(34-27)35-15-6-13-31-14-16-35)17-21(18-9-11-19(29)12-10-18)24(32-25)20-7-4-5-8-23(20)30/h4-5,7-12,17,31H,6,13-16H2,1-3H3. The van der Waals surface area contributed by atoms with E-state index in [1.54, 1.807) is 0 Å². The van der Waals surface area contributed by atoms with Crippen molar-refractivity contribution in [1.29, 1.82) is 0 Å². The fourth-order valence-electron chi connectivity index (χ4n) is 4.38. The Morgan fingerprint density at radius 2 is 1.63 bits per heavy atom. The first-order chi connectivity index (χ1) is 16.8. The van der Waals surface area contributed by atoms with Crippen molar-refractivity contribution >= 4 is 40.1 Å². The number of pyridine rings is 1. The molecule has 0 saturated carbocycles. The van der Waals surface area contributed by atoms with Gasteiger partial charge in [-0.3, -0.25) is 0 Å². The van der Waals surface area contributed by atoms with E-state index in [-0.39, 0.29) is 5.41 Å². The maximum atomic E-state index is 6.66. The van der Waals surface area contributed by atoms with E-state index in [0.29, 0.717) is 15.7 Å². The van der Waals surface area contributed by atoms with Gasteiger partial charge in [0.1, 0.15) is 11.6 Å². The summed E-state index contributed by atoms with van der Waals surface area (Å²) in [7, 11) is 0. The van der Waals surface area contributed by atoms with Gasteiger partial charge in [-0.1, -0.05) is 74.3 Å². The van der Waals surface area contributed by atoms with Crippen LogP contribution in [0.3, 0.4) is 0 Å². The molecule has 2 aromatic heterocycles. The van der Waals surface area contributed by atoms with E-state index in [1.807, 2.05) is 48.5 Å². The highest BCUT2D eigenvalue weighted by Crippen LogP contribution is 2.39. The highest BCUT2D eigenvalue weighted by molar-refractivity contribution is 6.33. The minimum absolute atomic E-state index is 0.214. The van der Waals surface area contributed by atoms with E-state index < -0.39 is 0 Å². The lowest BCUT2D eigenvalue weighted by atomic mass is 9.95. The molecule has 1 fully saturated rings. The minimum atomic E-state index is -0.214. The Hall–Kier alpha value is -2.73. The molecule has 0 radical (unpaired) electrons. The Morgan fingerprint density at radius 3 is 2.37 bits per heavy atom. The van der Waals surface area contributed by atoms with Gasteiger partial charge >= 0.3 is 0 Å². The third kappa shape index (κ3) is 4.99. The van der Waals surface area contributed by atoms with E-state index >= 15 is 0 Å². The quantitative estimate of drug-likeness (QED) is 0.333. The van der Waals surface area contributed by atoms with Crippen molar-refractivity contribution in [1.82, 2.24) is 20.3 Å². The Morgan fingerprint density at radius 1 is 0.857 bits per heavy atom. The number of hydrogen-bond donors (Lipinski definition) is 1. The van der Waals surface area contributed by atoms with Gasteiger partial charge in [-0.25, -0.2) is 15.0 Å². The molecule has 5 nitrogen and oxygen atoms in total. The van der Waals surface area contributed by atoms with E-state index in [4.69, 9.17) is 38.2 Å². The third-order valence-corrected chi connectivity index (χ3v) is 6.84. The highest BCUT2D eigenvalue weighted by atomic mass is 35.5. The molecule has 0 atom stereocenters. The Kier molecular flexibility index (Phi) is 6.67. The maximum absolute atomic E-state index is 6.66. The van der Waals surface area contributed by atoms with Crippen LogP contribution in [0.15, 0.2) is 54.6 Å². The molecule has 35 heavy (non-hydrogen) atoms. The Bertz CT molecular complexity index is 1350. The van der Waals surface area contributed by atoms with Gasteiger partial charge < -0.3 is 10.2 Å². The molecule has 1 aliphatic rings. The zero-order valence-corrected chi connectivity index (χ0v) is 21.8. The molecule has 0 aliphatic carbocycles. The van der Waals surface area contributed by atoms with Crippen molar-refractivity contribution in [2.45, 2.75) is 32.6 Å². The molecule has 5 rings (SSSR count). The summed E-state index contributed by atoms with van der Waals surface area (Å²) in [6.07, 6.45) is 1.06. The van der Waals surface area contributed by atoms with Crippen molar-refractivity contribution in [2.24, 2.45) is 0 Å². The molecule has 3 heterocycles. The first-order valence-electron chi connectivity index (χ1n) is 12.0. The number of aromatic nitrogens is 3. The van der Waals surface area contributed by atoms with Crippen LogP contribution in [0.5, 0.6) is 0 Å². The number of fused-ring (bicyclic) bond motifs is 1. The molecule has 0 bridgehead atoms. The smallest absolute Gasteiger partial charge is 0.165 e. The molecule has 0 amide bonds. The van der Waals surface area contributed by atoms with Gasteiger partial charge in [-0.05, 0) is 42.8 Å². The Balaban J connectivity index is 1.83. The maximum Gasteiger partial charge on any atom is 0.165 e. The minimum Gasteiger partial charge on any atom is -0.355 e. The monoisotopic (exact) mass is 505 g/mol. The summed E-state index contributed by atoms with van der Waals surface area (Å²) in [4.78, 5) is 17.6. The van der Waals surface area contributed by atoms with E-state index in [1.165, 1.54) is 0 Å². The summed E-state index contributed by atoms with van der Waals surface area (Å²) in [6, 6.07) is 17.8. The lowest BCUT2D eigenvalue weighted by Gasteiger charge is -2.26. The zero-order valence-electron chi connectivity index (χ0n) is 20.3. The van der Waals surface area contributed by atoms with Crippen LogP contribution >= 0.6 is 23.2 Å². The molecule has 1 N–H and O–H groups in total.